The van der Waals surface area contributed by atoms with Crippen molar-refractivity contribution >= 4 is 22.3 Å². The molecule has 0 bridgehead atoms. The lowest BCUT2D eigenvalue weighted by Crippen LogP contribution is -2.08. The van der Waals surface area contributed by atoms with Crippen LogP contribution in [0, 0.1) is 10.1 Å². The van der Waals surface area contributed by atoms with Gasteiger partial charge in [0, 0.05) is 18.0 Å². The van der Waals surface area contributed by atoms with Gasteiger partial charge in [0.1, 0.15) is 24.2 Å². The van der Waals surface area contributed by atoms with E-state index >= 15 is 0 Å². The summed E-state index contributed by atoms with van der Waals surface area (Å²) in [6.07, 6.45) is 1.21. The molecule has 0 aliphatic carbocycles. The van der Waals surface area contributed by atoms with Gasteiger partial charge in [-0.1, -0.05) is 30.3 Å². The third-order valence-corrected chi connectivity index (χ3v) is 3.68. The maximum Gasteiger partial charge on any atom is 0.311 e. The molecular weight excluding hydrogens is 322 g/mol. The first kappa shape index (κ1) is 16.7. The van der Waals surface area contributed by atoms with Gasteiger partial charge in [-0.25, -0.2) is 4.98 Å². The Morgan fingerprint density at radius 1 is 1.20 bits per heavy atom. The van der Waals surface area contributed by atoms with Gasteiger partial charge in [-0.3, -0.25) is 10.1 Å². The Kier molecular flexibility index (Phi) is 5.06. The zero-order valence-electron chi connectivity index (χ0n) is 13.4. The molecule has 3 aromatic rings. The molecule has 0 aliphatic rings. The summed E-state index contributed by atoms with van der Waals surface area (Å²) in [4.78, 5) is 14.9. The van der Waals surface area contributed by atoms with Gasteiger partial charge in [0.05, 0.1) is 17.0 Å². The standard InChI is InChI=1S/C18H17N3O4/c22-9-8-19-18-15-7-6-14(25-12-13-4-2-1-3-5-13)10-16(15)20-11-17(18)21(23)24/h1-7,10-11,22H,8-9,12H2,(H,19,20). The second-order valence-corrected chi connectivity index (χ2v) is 5.38. The van der Waals surface area contributed by atoms with E-state index in [1.807, 2.05) is 30.3 Å². The first-order chi connectivity index (χ1) is 12.2. The molecule has 0 atom stereocenters. The lowest BCUT2D eigenvalue weighted by molar-refractivity contribution is -0.384. The maximum absolute atomic E-state index is 11.2. The zero-order valence-corrected chi connectivity index (χ0v) is 13.4. The van der Waals surface area contributed by atoms with Crippen molar-refractivity contribution in [2.45, 2.75) is 6.61 Å². The topological polar surface area (TPSA) is 97.5 Å². The number of benzene rings is 2. The smallest absolute Gasteiger partial charge is 0.311 e. The van der Waals surface area contributed by atoms with E-state index in [0.29, 0.717) is 28.9 Å². The van der Waals surface area contributed by atoms with E-state index in [0.717, 1.165) is 5.56 Å². The molecule has 0 radical (unpaired) electrons. The fraction of sp³-hybridized carbons (Fsp3) is 0.167. The van der Waals surface area contributed by atoms with Crippen molar-refractivity contribution in [3.05, 3.63) is 70.4 Å². The predicted molar refractivity (Wildman–Crippen MR) is 94.7 cm³/mol. The first-order valence-corrected chi connectivity index (χ1v) is 7.77. The third kappa shape index (κ3) is 3.84. The van der Waals surface area contributed by atoms with Gasteiger partial charge >= 0.3 is 5.69 Å². The van der Waals surface area contributed by atoms with Crippen LogP contribution in [0.2, 0.25) is 0 Å². The van der Waals surface area contributed by atoms with Crippen molar-refractivity contribution in [3.8, 4) is 5.75 Å². The van der Waals surface area contributed by atoms with Crippen molar-refractivity contribution in [2.24, 2.45) is 0 Å². The first-order valence-electron chi connectivity index (χ1n) is 7.77. The molecule has 3 rings (SSSR count). The number of aliphatic hydroxyl groups excluding tert-OH is 1. The van der Waals surface area contributed by atoms with Gasteiger partial charge in [-0.2, -0.15) is 0 Å². The van der Waals surface area contributed by atoms with Gasteiger partial charge in [-0.05, 0) is 17.7 Å². The van der Waals surface area contributed by atoms with Crippen LogP contribution in [0.25, 0.3) is 10.9 Å². The molecule has 128 valence electrons. The molecule has 0 saturated heterocycles. The Bertz CT molecular complexity index is 884. The third-order valence-electron chi connectivity index (χ3n) is 3.68. The summed E-state index contributed by atoms with van der Waals surface area (Å²) in [5, 5.41) is 23.7. The van der Waals surface area contributed by atoms with Crippen molar-refractivity contribution in [3.63, 3.8) is 0 Å². The van der Waals surface area contributed by atoms with Crippen molar-refractivity contribution in [1.82, 2.24) is 4.98 Å². The zero-order chi connectivity index (χ0) is 17.6. The van der Waals surface area contributed by atoms with Gasteiger partial charge in [0.2, 0.25) is 0 Å². The number of nitro groups is 1. The minimum atomic E-state index is -0.494. The quantitative estimate of drug-likeness (QED) is 0.507. The van der Waals surface area contributed by atoms with Crippen LogP contribution in [0.4, 0.5) is 11.4 Å². The summed E-state index contributed by atoms with van der Waals surface area (Å²) in [5.41, 5.74) is 1.85. The van der Waals surface area contributed by atoms with E-state index in [1.54, 1.807) is 18.2 Å². The van der Waals surface area contributed by atoms with Crippen LogP contribution in [0.15, 0.2) is 54.7 Å². The Morgan fingerprint density at radius 2 is 2.00 bits per heavy atom. The molecule has 0 unspecified atom stereocenters. The highest BCUT2D eigenvalue weighted by Crippen LogP contribution is 2.33. The lowest BCUT2D eigenvalue weighted by Gasteiger charge is -2.11. The highest BCUT2D eigenvalue weighted by atomic mass is 16.6. The number of nitrogens with zero attached hydrogens (tertiary/aromatic N) is 2. The van der Waals surface area contributed by atoms with Crippen molar-refractivity contribution in [1.29, 1.82) is 0 Å². The fourth-order valence-corrected chi connectivity index (χ4v) is 2.50. The van der Waals surface area contributed by atoms with E-state index in [-0.39, 0.29) is 18.8 Å². The van der Waals surface area contributed by atoms with Crippen LogP contribution < -0.4 is 10.1 Å². The summed E-state index contributed by atoms with van der Waals surface area (Å²) in [5.74, 6) is 0.630. The van der Waals surface area contributed by atoms with Crippen LogP contribution in [-0.2, 0) is 6.61 Å². The van der Waals surface area contributed by atoms with Crippen LogP contribution in [0.3, 0.4) is 0 Å². The van der Waals surface area contributed by atoms with Gasteiger partial charge in [0.25, 0.3) is 0 Å². The Labute approximate surface area is 144 Å². The predicted octanol–water partition coefficient (Wildman–Crippen LogP) is 3.13. The van der Waals surface area contributed by atoms with E-state index in [9.17, 15) is 10.1 Å². The number of aromatic nitrogens is 1. The second-order valence-electron chi connectivity index (χ2n) is 5.38. The Hall–Kier alpha value is -3.19. The summed E-state index contributed by atoms with van der Waals surface area (Å²) in [6, 6.07) is 15.0. The lowest BCUT2D eigenvalue weighted by atomic mass is 10.1. The highest BCUT2D eigenvalue weighted by molar-refractivity contribution is 5.96. The Morgan fingerprint density at radius 3 is 2.72 bits per heavy atom. The number of hydrogen-bond acceptors (Lipinski definition) is 6. The molecule has 0 aliphatic heterocycles. The maximum atomic E-state index is 11.2. The molecule has 0 amide bonds. The van der Waals surface area contributed by atoms with Crippen molar-refractivity contribution in [2.75, 3.05) is 18.5 Å². The molecule has 0 fully saturated rings. The largest absolute Gasteiger partial charge is 0.489 e. The van der Waals surface area contributed by atoms with Gasteiger partial charge in [-0.15, -0.1) is 0 Å². The Balaban J connectivity index is 1.90. The number of rotatable bonds is 7. The summed E-state index contributed by atoms with van der Waals surface area (Å²) in [6.45, 7) is 0.514. The number of hydrogen-bond donors (Lipinski definition) is 2. The molecule has 25 heavy (non-hydrogen) atoms. The fourth-order valence-electron chi connectivity index (χ4n) is 2.50. The minimum absolute atomic E-state index is 0.126. The minimum Gasteiger partial charge on any atom is -0.489 e. The second kappa shape index (κ2) is 7.59. The van der Waals surface area contributed by atoms with Crippen LogP contribution in [0.1, 0.15) is 5.56 Å². The number of nitrogens with one attached hydrogen (secondary N) is 1. The van der Waals surface area contributed by atoms with Gasteiger partial charge < -0.3 is 15.2 Å². The number of fused-ring (bicyclic) bond motifs is 1. The van der Waals surface area contributed by atoms with Gasteiger partial charge in [0.15, 0.2) is 0 Å². The van der Waals surface area contributed by atoms with Crippen molar-refractivity contribution < 1.29 is 14.8 Å². The average molecular weight is 339 g/mol. The molecule has 1 heterocycles. The van der Waals surface area contributed by atoms with E-state index in [2.05, 4.69) is 10.3 Å². The summed E-state index contributed by atoms with van der Waals surface area (Å²) >= 11 is 0. The van der Waals surface area contributed by atoms with E-state index in [1.165, 1.54) is 6.20 Å². The number of ether oxygens (including phenoxy) is 1. The number of aliphatic hydroxyl groups is 1. The monoisotopic (exact) mass is 339 g/mol. The van der Waals surface area contributed by atoms with E-state index in [4.69, 9.17) is 9.84 Å². The summed E-state index contributed by atoms with van der Waals surface area (Å²) in [7, 11) is 0. The van der Waals surface area contributed by atoms with Crippen LogP contribution in [0.5, 0.6) is 5.75 Å². The number of pyridine rings is 1. The SMILES string of the molecule is O=[N+]([O-])c1cnc2cc(OCc3ccccc3)ccc2c1NCCO. The molecule has 1 aromatic heterocycles. The van der Waals surface area contributed by atoms with Crippen LogP contribution in [-0.4, -0.2) is 28.2 Å². The average Bonchev–Trinajstić information content (AvgIpc) is 2.64. The number of anilines is 1. The normalized spacial score (nSPS) is 10.6. The molecule has 0 spiro atoms. The highest BCUT2D eigenvalue weighted by Gasteiger charge is 2.18. The van der Waals surface area contributed by atoms with Crippen LogP contribution >= 0.6 is 0 Å². The van der Waals surface area contributed by atoms with E-state index < -0.39 is 4.92 Å². The molecule has 2 aromatic carbocycles. The molecule has 7 nitrogen and oxygen atoms in total. The molecule has 2 N–H and O–H groups in total. The molecular formula is C18H17N3O4. The molecule has 0 saturated carbocycles. The molecule has 7 heteroatoms. The summed E-state index contributed by atoms with van der Waals surface area (Å²) < 4.78 is 5.76.